The minimum Gasteiger partial charge on any atom is -0.461 e. The first-order chi connectivity index (χ1) is 19.1. The van der Waals surface area contributed by atoms with Gasteiger partial charge in [-0.1, -0.05) is 90.2 Å². The summed E-state index contributed by atoms with van der Waals surface area (Å²) in [5, 5.41) is 32.7. The molecular formula is C33H53NO7. The zero-order valence-electron chi connectivity index (χ0n) is 26.0. The van der Waals surface area contributed by atoms with Crippen LogP contribution in [0.25, 0.3) is 0 Å². The van der Waals surface area contributed by atoms with Crippen LogP contribution in [0.2, 0.25) is 0 Å². The molecule has 232 valence electrons. The summed E-state index contributed by atoms with van der Waals surface area (Å²) >= 11 is 0. The Balaban J connectivity index is 2.22. The third-order valence-corrected chi connectivity index (χ3v) is 9.64. The number of rotatable bonds is 12. The third-order valence-electron chi connectivity index (χ3n) is 9.64. The molecule has 8 heteroatoms. The van der Waals surface area contributed by atoms with E-state index in [-0.39, 0.29) is 47.4 Å². The number of carbonyl (C=O) groups excluding carboxylic acids is 2. The van der Waals surface area contributed by atoms with Gasteiger partial charge in [0.15, 0.2) is 0 Å². The standard InChI is InChI=1S/C33H53NO7/c1-10-11-13-17(2)31(41-33(34)39)23(8)28(35)19(4)16-18(3)27-22(7)29(36)20(5)25(27)14-12-15-26-21(6)30(37)24(9)32(38)40-26/h10-14,16-17,19-31,35-37H,1,15H2,2-9H3,(H2,34,39)/b13-11?,14-12+,18-16+/t17?,19?,20?,21-,22?,23?,24-,25?,26+,27?,28?,29?,30+,31?/m1/s1. The van der Waals surface area contributed by atoms with Crippen LogP contribution in [0.15, 0.2) is 48.6 Å². The second-order valence-electron chi connectivity index (χ2n) is 12.6. The van der Waals surface area contributed by atoms with E-state index in [1.807, 2.05) is 60.6 Å². The third kappa shape index (κ3) is 8.33. The first-order valence-corrected chi connectivity index (χ1v) is 15.0. The van der Waals surface area contributed by atoms with Gasteiger partial charge < -0.3 is 30.5 Å². The molecule has 2 fully saturated rings. The molecule has 41 heavy (non-hydrogen) atoms. The highest BCUT2D eigenvalue weighted by atomic mass is 16.6. The molecular weight excluding hydrogens is 522 g/mol. The summed E-state index contributed by atoms with van der Waals surface area (Å²) in [4.78, 5) is 23.8. The molecule has 0 bridgehead atoms. The minimum absolute atomic E-state index is 0.00164. The summed E-state index contributed by atoms with van der Waals surface area (Å²) in [6.45, 7) is 19.1. The number of ether oxygens (including phenoxy) is 2. The topological polar surface area (TPSA) is 139 Å². The lowest BCUT2D eigenvalue weighted by molar-refractivity contribution is -0.176. The Kier molecular flexibility index (Phi) is 12.9. The summed E-state index contributed by atoms with van der Waals surface area (Å²) in [7, 11) is 0. The number of cyclic esters (lactones) is 1. The molecule has 5 N–H and O–H groups in total. The summed E-state index contributed by atoms with van der Waals surface area (Å²) in [6.07, 6.45) is 8.03. The van der Waals surface area contributed by atoms with Crippen LogP contribution in [0.5, 0.6) is 0 Å². The predicted molar refractivity (Wildman–Crippen MR) is 160 cm³/mol. The molecule has 14 atom stereocenters. The van der Waals surface area contributed by atoms with Crippen LogP contribution in [0.1, 0.15) is 61.8 Å². The van der Waals surface area contributed by atoms with Crippen molar-refractivity contribution in [3.8, 4) is 0 Å². The Morgan fingerprint density at radius 3 is 2.29 bits per heavy atom. The maximum absolute atomic E-state index is 12.1. The molecule has 1 aliphatic heterocycles. The molecule has 0 radical (unpaired) electrons. The number of esters is 1. The van der Waals surface area contributed by atoms with Gasteiger partial charge in [-0.15, -0.1) is 0 Å². The average Bonchev–Trinajstić information content (AvgIpc) is 3.14. The van der Waals surface area contributed by atoms with Crippen LogP contribution in [0.4, 0.5) is 4.79 Å². The van der Waals surface area contributed by atoms with Gasteiger partial charge in [-0.2, -0.15) is 0 Å². The first-order valence-electron chi connectivity index (χ1n) is 15.0. The van der Waals surface area contributed by atoms with Crippen molar-refractivity contribution in [2.45, 2.75) is 92.3 Å². The maximum Gasteiger partial charge on any atom is 0.404 e. The number of aliphatic hydroxyl groups is 3. The summed E-state index contributed by atoms with van der Waals surface area (Å²) < 4.78 is 11.0. The molecule has 10 unspecified atom stereocenters. The molecule has 0 spiro atoms. The number of carbonyl (C=O) groups is 2. The normalized spacial score (nSPS) is 36.5. The van der Waals surface area contributed by atoms with Crippen molar-refractivity contribution >= 4 is 12.1 Å². The van der Waals surface area contributed by atoms with E-state index in [0.717, 1.165) is 5.57 Å². The molecule has 1 saturated carbocycles. The molecule has 2 aliphatic rings. The fraction of sp³-hybridized carbons (Fsp3) is 0.697. The van der Waals surface area contributed by atoms with E-state index >= 15 is 0 Å². The number of amides is 1. The molecule has 1 amide bonds. The molecule has 0 aromatic carbocycles. The second-order valence-corrected chi connectivity index (χ2v) is 12.6. The monoisotopic (exact) mass is 575 g/mol. The van der Waals surface area contributed by atoms with Crippen LogP contribution >= 0.6 is 0 Å². The summed E-state index contributed by atoms with van der Waals surface area (Å²) in [5.74, 6) is -1.80. The summed E-state index contributed by atoms with van der Waals surface area (Å²) in [5.41, 5.74) is 6.41. The van der Waals surface area contributed by atoms with Gasteiger partial charge in [0.2, 0.25) is 0 Å². The molecule has 1 heterocycles. The second kappa shape index (κ2) is 15.2. The van der Waals surface area contributed by atoms with Gasteiger partial charge in [-0.25, -0.2) is 4.79 Å². The highest BCUT2D eigenvalue weighted by Crippen LogP contribution is 2.46. The van der Waals surface area contributed by atoms with Crippen molar-refractivity contribution in [3.05, 3.63) is 48.6 Å². The van der Waals surface area contributed by atoms with Crippen LogP contribution in [0.3, 0.4) is 0 Å². The lowest BCUT2D eigenvalue weighted by Gasteiger charge is -2.36. The van der Waals surface area contributed by atoms with Gasteiger partial charge in [0, 0.05) is 30.1 Å². The Morgan fingerprint density at radius 1 is 1.07 bits per heavy atom. The van der Waals surface area contributed by atoms with Gasteiger partial charge in [-0.05, 0) is 37.5 Å². The van der Waals surface area contributed by atoms with Crippen molar-refractivity contribution in [2.75, 3.05) is 0 Å². The van der Waals surface area contributed by atoms with E-state index < -0.39 is 48.4 Å². The highest BCUT2D eigenvalue weighted by Gasteiger charge is 2.45. The van der Waals surface area contributed by atoms with E-state index in [1.165, 1.54) is 0 Å². The van der Waals surface area contributed by atoms with E-state index in [0.29, 0.717) is 6.42 Å². The smallest absolute Gasteiger partial charge is 0.404 e. The minimum atomic E-state index is -0.883. The van der Waals surface area contributed by atoms with Gasteiger partial charge in [-0.3, -0.25) is 4.79 Å². The average molecular weight is 576 g/mol. The maximum atomic E-state index is 12.1. The van der Waals surface area contributed by atoms with Gasteiger partial charge in [0.1, 0.15) is 12.2 Å². The fourth-order valence-electron chi connectivity index (χ4n) is 6.91. The van der Waals surface area contributed by atoms with E-state index in [2.05, 4.69) is 18.7 Å². The fourth-order valence-corrected chi connectivity index (χ4v) is 6.91. The number of hydrogen-bond donors (Lipinski definition) is 4. The molecule has 2 rings (SSSR count). The van der Waals surface area contributed by atoms with Gasteiger partial charge >= 0.3 is 12.1 Å². The van der Waals surface area contributed by atoms with Crippen LogP contribution < -0.4 is 5.73 Å². The largest absolute Gasteiger partial charge is 0.461 e. The Hall–Kier alpha value is -2.42. The first kappa shape index (κ1) is 34.8. The molecule has 8 nitrogen and oxygen atoms in total. The zero-order chi connectivity index (χ0) is 31.2. The van der Waals surface area contributed by atoms with Crippen molar-refractivity contribution < 1.29 is 34.4 Å². The van der Waals surface area contributed by atoms with Crippen LogP contribution in [-0.4, -0.2) is 57.9 Å². The molecule has 1 saturated heterocycles. The van der Waals surface area contributed by atoms with E-state index in [1.54, 1.807) is 19.1 Å². The van der Waals surface area contributed by atoms with Crippen LogP contribution in [0, 0.1) is 53.3 Å². The molecule has 0 aromatic heterocycles. The number of hydrogen-bond acceptors (Lipinski definition) is 7. The van der Waals surface area contributed by atoms with E-state index in [9.17, 15) is 24.9 Å². The lowest BCUT2D eigenvalue weighted by atomic mass is 9.78. The van der Waals surface area contributed by atoms with Crippen molar-refractivity contribution in [1.82, 2.24) is 0 Å². The Morgan fingerprint density at radius 2 is 1.71 bits per heavy atom. The lowest BCUT2D eigenvalue weighted by Crippen LogP contribution is -2.46. The number of primary amides is 1. The quantitative estimate of drug-likeness (QED) is 0.149. The Labute approximate surface area is 246 Å². The SMILES string of the molecule is C=CC=CC(C)C(OC(N)=O)C(C)C(O)C(C)/C=C(\C)C1C(C)C(O)C(C)C1/C=C/C[C@@H]1OC(=O)[C@H](C)[C@@H](O)[C@@H]1C. The number of nitrogens with two attached hydrogens (primary N) is 1. The van der Waals surface area contributed by atoms with Gasteiger partial charge in [0.05, 0.1) is 24.2 Å². The van der Waals surface area contributed by atoms with E-state index in [4.69, 9.17) is 15.2 Å². The van der Waals surface area contributed by atoms with Crippen molar-refractivity contribution in [2.24, 2.45) is 59.0 Å². The van der Waals surface area contributed by atoms with Gasteiger partial charge in [0.25, 0.3) is 0 Å². The zero-order valence-corrected chi connectivity index (χ0v) is 26.0. The van der Waals surface area contributed by atoms with Crippen molar-refractivity contribution in [1.29, 1.82) is 0 Å². The predicted octanol–water partition coefficient (Wildman–Crippen LogP) is 4.79. The number of allylic oxidation sites excluding steroid dienone is 4. The summed E-state index contributed by atoms with van der Waals surface area (Å²) in [6, 6.07) is 0. The molecule has 0 aromatic rings. The van der Waals surface area contributed by atoms with Crippen molar-refractivity contribution in [3.63, 3.8) is 0 Å². The number of aliphatic hydroxyl groups excluding tert-OH is 3. The Bertz CT molecular complexity index is 990. The molecule has 1 aliphatic carbocycles. The van der Waals surface area contributed by atoms with Crippen LogP contribution in [-0.2, 0) is 14.3 Å². The highest BCUT2D eigenvalue weighted by molar-refractivity contribution is 5.73.